The first-order chi connectivity index (χ1) is 7.90. The lowest BCUT2D eigenvalue weighted by Crippen LogP contribution is -2.36. The van der Waals surface area contributed by atoms with Crippen LogP contribution in [0.2, 0.25) is 0 Å². The Morgan fingerprint density at radius 3 is 2.81 bits per heavy atom. The van der Waals surface area contributed by atoms with Gasteiger partial charge in [-0.2, -0.15) is 0 Å². The summed E-state index contributed by atoms with van der Waals surface area (Å²) >= 11 is 2.15. The fourth-order valence-corrected chi connectivity index (χ4v) is 2.01. The van der Waals surface area contributed by atoms with Gasteiger partial charge in [0, 0.05) is 34.3 Å². The van der Waals surface area contributed by atoms with E-state index in [0.717, 1.165) is 37.7 Å². The maximum Gasteiger partial charge on any atom is 0.114 e. The molecule has 3 nitrogen and oxygen atoms in total. The molecular formula is C11H11IN2OS. The molecule has 0 radical (unpaired) electrons. The highest BCUT2D eigenvalue weighted by molar-refractivity contribution is 14.2. The Balaban J connectivity index is 2.06. The number of hydrogen-bond acceptors (Lipinski definition) is 4. The lowest BCUT2D eigenvalue weighted by atomic mass is 10.3. The Labute approximate surface area is 112 Å². The molecule has 1 aromatic heterocycles. The van der Waals surface area contributed by atoms with Gasteiger partial charge in [0.25, 0.3) is 0 Å². The maximum atomic E-state index is 5.31. The number of morpholine rings is 1. The van der Waals surface area contributed by atoms with Crippen LogP contribution in [0.4, 0.5) is 5.69 Å². The highest BCUT2D eigenvalue weighted by atomic mass is 127. The molecule has 0 amide bonds. The van der Waals surface area contributed by atoms with Gasteiger partial charge in [-0.05, 0) is 32.2 Å². The number of nitrogens with zero attached hydrogens (tertiary/aromatic N) is 2. The molecule has 0 bridgehead atoms. The highest BCUT2D eigenvalue weighted by Gasteiger charge is 2.10. The molecule has 16 heavy (non-hydrogen) atoms. The second-order valence-electron chi connectivity index (χ2n) is 3.31. The average molecular weight is 346 g/mol. The largest absolute Gasteiger partial charge is 0.378 e. The Bertz CT molecular complexity index is 393. The first-order valence-corrected chi connectivity index (χ1v) is 8.33. The molecule has 1 aliphatic heterocycles. The zero-order chi connectivity index (χ0) is 11.2. The second-order valence-corrected chi connectivity index (χ2v) is 4.98. The van der Waals surface area contributed by atoms with E-state index >= 15 is 0 Å². The molecule has 0 aliphatic carbocycles. The SMILES string of the molecule is ISC#Cc1ccc(N2CCOCC2)cn1. The van der Waals surface area contributed by atoms with Crippen LogP contribution < -0.4 is 4.90 Å². The third-order valence-electron chi connectivity index (χ3n) is 2.34. The standard InChI is InChI=1S/C11H11IN2OS/c12-16-8-3-10-1-2-11(9-13-10)14-4-6-15-7-5-14/h1-2,9H,4-7H2. The molecule has 1 aliphatic rings. The summed E-state index contributed by atoms with van der Waals surface area (Å²) in [4.78, 5) is 6.60. The summed E-state index contributed by atoms with van der Waals surface area (Å²) in [5.41, 5.74) is 1.97. The first-order valence-electron chi connectivity index (χ1n) is 4.97. The molecular weight excluding hydrogens is 335 g/mol. The van der Waals surface area contributed by atoms with Crippen LogP contribution in [0.1, 0.15) is 5.69 Å². The molecule has 1 saturated heterocycles. The molecule has 0 aromatic carbocycles. The van der Waals surface area contributed by atoms with Crippen molar-refractivity contribution in [2.45, 2.75) is 0 Å². The minimum Gasteiger partial charge on any atom is -0.378 e. The van der Waals surface area contributed by atoms with Gasteiger partial charge in [-0.3, -0.25) is 0 Å². The van der Waals surface area contributed by atoms with Gasteiger partial charge in [-0.25, -0.2) is 4.98 Å². The minimum atomic E-state index is 0.799. The molecule has 2 rings (SSSR count). The summed E-state index contributed by atoms with van der Waals surface area (Å²) < 4.78 is 5.31. The van der Waals surface area contributed by atoms with Crippen molar-refractivity contribution < 1.29 is 4.74 Å². The summed E-state index contributed by atoms with van der Waals surface area (Å²) in [6.07, 6.45) is 1.88. The first kappa shape index (κ1) is 12.0. The number of anilines is 1. The maximum absolute atomic E-state index is 5.31. The van der Waals surface area contributed by atoms with E-state index in [9.17, 15) is 0 Å². The highest BCUT2D eigenvalue weighted by Crippen LogP contribution is 2.14. The quantitative estimate of drug-likeness (QED) is 0.576. The summed E-state index contributed by atoms with van der Waals surface area (Å²) in [6, 6.07) is 4.03. The second kappa shape index (κ2) is 6.33. The van der Waals surface area contributed by atoms with Crippen molar-refractivity contribution in [1.29, 1.82) is 0 Å². The van der Waals surface area contributed by atoms with Gasteiger partial charge in [-0.1, -0.05) is 0 Å². The predicted octanol–water partition coefficient (Wildman–Crippen LogP) is 2.31. The molecule has 84 valence electrons. The van der Waals surface area contributed by atoms with Crippen LogP contribution >= 0.6 is 30.1 Å². The third-order valence-corrected chi connectivity index (χ3v) is 3.18. The molecule has 0 saturated carbocycles. The van der Waals surface area contributed by atoms with Gasteiger partial charge < -0.3 is 9.64 Å². The van der Waals surface area contributed by atoms with Crippen molar-refractivity contribution in [3.8, 4) is 11.2 Å². The number of pyridine rings is 1. The molecule has 0 N–H and O–H groups in total. The lowest BCUT2D eigenvalue weighted by molar-refractivity contribution is 0.122. The van der Waals surface area contributed by atoms with E-state index in [1.165, 1.54) is 8.93 Å². The van der Waals surface area contributed by atoms with Gasteiger partial charge in [0.1, 0.15) is 5.69 Å². The Kier molecular flexibility index (Phi) is 4.75. The number of aromatic nitrogens is 1. The van der Waals surface area contributed by atoms with Crippen molar-refractivity contribution in [3.05, 3.63) is 24.0 Å². The van der Waals surface area contributed by atoms with Crippen LogP contribution in [0.5, 0.6) is 0 Å². The van der Waals surface area contributed by atoms with E-state index in [1.807, 2.05) is 12.3 Å². The van der Waals surface area contributed by atoms with Gasteiger partial charge in [0.15, 0.2) is 0 Å². The summed E-state index contributed by atoms with van der Waals surface area (Å²) in [5.74, 6) is 2.98. The molecule has 1 aromatic rings. The smallest absolute Gasteiger partial charge is 0.114 e. The topological polar surface area (TPSA) is 25.4 Å². The van der Waals surface area contributed by atoms with Gasteiger partial charge in [0.2, 0.25) is 0 Å². The number of ether oxygens (including phenoxy) is 1. The third kappa shape index (κ3) is 3.27. The summed E-state index contributed by atoms with van der Waals surface area (Å²) in [6.45, 7) is 3.48. The molecule has 1 fully saturated rings. The Hall–Kier alpha value is -0.450. The molecule has 5 heteroatoms. The Morgan fingerprint density at radius 1 is 1.38 bits per heavy atom. The van der Waals surface area contributed by atoms with Crippen LogP contribution in [0.3, 0.4) is 0 Å². The average Bonchev–Trinajstić information content (AvgIpc) is 2.38. The van der Waals surface area contributed by atoms with Gasteiger partial charge in [0.05, 0.1) is 25.1 Å². The van der Waals surface area contributed by atoms with Crippen LogP contribution in [0, 0.1) is 11.2 Å². The summed E-state index contributed by atoms with van der Waals surface area (Å²) in [7, 11) is 1.47. The minimum absolute atomic E-state index is 0.799. The molecule has 2 heterocycles. The van der Waals surface area contributed by atoms with Crippen molar-refractivity contribution in [1.82, 2.24) is 4.98 Å². The van der Waals surface area contributed by atoms with Crippen molar-refractivity contribution >= 4 is 35.8 Å². The monoisotopic (exact) mass is 346 g/mol. The molecule has 0 unspecified atom stereocenters. The van der Waals surface area contributed by atoms with Gasteiger partial charge >= 0.3 is 0 Å². The van der Waals surface area contributed by atoms with E-state index in [0.29, 0.717) is 0 Å². The summed E-state index contributed by atoms with van der Waals surface area (Å²) in [5, 5.41) is 2.92. The fourth-order valence-electron chi connectivity index (χ4n) is 1.54. The van der Waals surface area contributed by atoms with Crippen LogP contribution in [-0.4, -0.2) is 31.3 Å². The number of rotatable bonds is 1. The zero-order valence-corrected chi connectivity index (χ0v) is 11.6. The Morgan fingerprint density at radius 2 is 2.19 bits per heavy atom. The lowest BCUT2D eigenvalue weighted by Gasteiger charge is -2.28. The van der Waals surface area contributed by atoms with Crippen molar-refractivity contribution in [2.75, 3.05) is 31.2 Å². The fraction of sp³-hybridized carbons (Fsp3) is 0.364. The van der Waals surface area contributed by atoms with Crippen molar-refractivity contribution in [3.63, 3.8) is 0 Å². The predicted molar refractivity (Wildman–Crippen MR) is 75.8 cm³/mol. The van der Waals surface area contributed by atoms with E-state index in [1.54, 1.807) is 0 Å². The van der Waals surface area contributed by atoms with E-state index < -0.39 is 0 Å². The van der Waals surface area contributed by atoms with E-state index in [4.69, 9.17) is 4.74 Å². The van der Waals surface area contributed by atoms with Crippen LogP contribution in [0.15, 0.2) is 18.3 Å². The van der Waals surface area contributed by atoms with Gasteiger partial charge in [-0.15, -0.1) is 0 Å². The molecule has 0 spiro atoms. The normalized spacial score (nSPS) is 15.4. The van der Waals surface area contributed by atoms with Crippen LogP contribution in [0.25, 0.3) is 0 Å². The van der Waals surface area contributed by atoms with Crippen molar-refractivity contribution in [2.24, 2.45) is 0 Å². The van der Waals surface area contributed by atoms with E-state index in [-0.39, 0.29) is 0 Å². The molecule has 0 atom stereocenters. The number of halogens is 1. The van der Waals surface area contributed by atoms with E-state index in [2.05, 4.69) is 48.3 Å². The number of hydrogen-bond donors (Lipinski definition) is 0. The zero-order valence-electron chi connectivity index (χ0n) is 8.65. The van der Waals surface area contributed by atoms with Crippen LogP contribution in [-0.2, 0) is 4.74 Å².